The SMILES string of the molecule is Cc1ccc2c(c1)C(=O)Cc1ccccc1-2. The molecular formula is C15H12O. The number of benzene rings is 2. The van der Waals surface area contributed by atoms with E-state index in [1.807, 2.05) is 31.2 Å². The molecule has 1 aliphatic carbocycles. The molecule has 0 N–H and O–H groups in total. The van der Waals surface area contributed by atoms with Gasteiger partial charge < -0.3 is 0 Å². The fourth-order valence-corrected chi connectivity index (χ4v) is 2.33. The molecule has 78 valence electrons. The molecule has 1 heteroatoms. The molecule has 16 heavy (non-hydrogen) atoms. The van der Waals surface area contributed by atoms with Gasteiger partial charge in [0.05, 0.1) is 0 Å². The summed E-state index contributed by atoms with van der Waals surface area (Å²) in [5.41, 5.74) is 5.45. The normalized spacial score (nSPS) is 13.2. The van der Waals surface area contributed by atoms with Gasteiger partial charge >= 0.3 is 0 Å². The highest BCUT2D eigenvalue weighted by molar-refractivity contribution is 6.07. The lowest BCUT2D eigenvalue weighted by atomic mass is 9.84. The van der Waals surface area contributed by atoms with Crippen LogP contribution in [-0.4, -0.2) is 5.78 Å². The third-order valence-electron chi connectivity index (χ3n) is 3.13. The van der Waals surface area contributed by atoms with E-state index in [1.165, 1.54) is 5.56 Å². The quantitative estimate of drug-likeness (QED) is 0.648. The summed E-state index contributed by atoms with van der Waals surface area (Å²) < 4.78 is 0. The molecule has 0 amide bonds. The summed E-state index contributed by atoms with van der Waals surface area (Å²) in [5, 5.41) is 0. The Morgan fingerprint density at radius 2 is 1.75 bits per heavy atom. The Balaban J connectivity index is 2.33. The molecule has 0 aromatic heterocycles. The molecule has 0 heterocycles. The molecule has 0 radical (unpaired) electrons. The molecule has 2 aromatic rings. The monoisotopic (exact) mass is 208 g/mol. The first-order valence-electron chi connectivity index (χ1n) is 5.48. The summed E-state index contributed by atoms with van der Waals surface area (Å²) in [5.74, 6) is 0.234. The van der Waals surface area contributed by atoms with Gasteiger partial charge in [0.25, 0.3) is 0 Å². The van der Waals surface area contributed by atoms with E-state index in [1.54, 1.807) is 0 Å². The van der Waals surface area contributed by atoms with E-state index >= 15 is 0 Å². The summed E-state index contributed by atoms with van der Waals surface area (Å²) in [7, 11) is 0. The minimum atomic E-state index is 0.234. The maximum Gasteiger partial charge on any atom is 0.167 e. The largest absolute Gasteiger partial charge is 0.294 e. The van der Waals surface area contributed by atoms with Crippen molar-refractivity contribution >= 4 is 5.78 Å². The standard InChI is InChI=1S/C15H12O/c1-10-6-7-13-12-5-3-2-4-11(12)9-15(16)14(13)8-10/h2-8H,9H2,1H3. The zero-order valence-electron chi connectivity index (χ0n) is 9.16. The van der Waals surface area contributed by atoms with E-state index < -0.39 is 0 Å². The second kappa shape index (κ2) is 3.31. The summed E-state index contributed by atoms with van der Waals surface area (Å²) in [4.78, 5) is 12.0. The molecule has 0 fully saturated rings. The predicted octanol–water partition coefficient (Wildman–Crippen LogP) is 3.40. The van der Waals surface area contributed by atoms with Crippen molar-refractivity contribution in [1.82, 2.24) is 0 Å². The third kappa shape index (κ3) is 1.28. The van der Waals surface area contributed by atoms with Crippen molar-refractivity contribution in [3.05, 3.63) is 59.2 Å². The molecule has 0 spiro atoms. The van der Waals surface area contributed by atoms with Crippen molar-refractivity contribution in [1.29, 1.82) is 0 Å². The van der Waals surface area contributed by atoms with Crippen LogP contribution in [0.4, 0.5) is 0 Å². The zero-order valence-corrected chi connectivity index (χ0v) is 9.16. The van der Waals surface area contributed by atoms with Gasteiger partial charge in [-0.3, -0.25) is 4.79 Å². The van der Waals surface area contributed by atoms with Crippen LogP contribution in [0.15, 0.2) is 42.5 Å². The molecule has 3 rings (SSSR count). The highest BCUT2D eigenvalue weighted by Crippen LogP contribution is 2.33. The van der Waals surface area contributed by atoms with Gasteiger partial charge in [0.1, 0.15) is 0 Å². The Hall–Kier alpha value is -1.89. The average Bonchev–Trinajstić information content (AvgIpc) is 2.29. The number of Topliss-reactive ketones (excluding diaryl/α,β-unsaturated/α-hetero) is 1. The molecule has 0 unspecified atom stereocenters. The summed E-state index contributed by atoms with van der Waals surface area (Å²) in [6.45, 7) is 2.02. The molecule has 2 aromatic carbocycles. The van der Waals surface area contributed by atoms with E-state index in [2.05, 4.69) is 18.2 Å². The van der Waals surface area contributed by atoms with Gasteiger partial charge in [-0.25, -0.2) is 0 Å². The first-order valence-corrected chi connectivity index (χ1v) is 5.48. The Morgan fingerprint density at radius 3 is 2.62 bits per heavy atom. The molecule has 0 aliphatic heterocycles. The lowest BCUT2D eigenvalue weighted by Crippen LogP contribution is -2.12. The summed E-state index contributed by atoms with van der Waals surface area (Å²) in [6, 6.07) is 14.3. The lowest BCUT2D eigenvalue weighted by Gasteiger charge is -2.18. The Bertz CT molecular complexity index is 582. The van der Waals surface area contributed by atoms with Crippen molar-refractivity contribution in [2.24, 2.45) is 0 Å². The number of aryl methyl sites for hydroxylation is 1. The molecule has 0 atom stereocenters. The topological polar surface area (TPSA) is 17.1 Å². The number of fused-ring (bicyclic) bond motifs is 3. The van der Waals surface area contributed by atoms with Crippen LogP contribution in [0.3, 0.4) is 0 Å². The van der Waals surface area contributed by atoms with Crippen LogP contribution in [0.5, 0.6) is 0 Å². The third-order valence-corrected chi connectivity index (χ3v) is 3.13. The van der Waals surface area contributed by atoms with E-state index in [4.69, 9.17) is 0 Å². The first kappa shape index (κ1) is 9.34. The number of ketones is 1. The van der Waals surface area contributed by atoms with E-state index in [0.29, 0.717) is 6.42 Å². The molecular weight excluding hydrogens is 196 g/mol. The minimum absolute atomic E-state index is 0.234. The number of carbonyl (C=O) groups excluding carboxylic acids is 1. The fraction of sp³-hybridized carbons (Fsp3) is 0.133. The second-order valence-corrected chi connectivity index (χ2v) is 4.31. The van der Waals surface area contributed by atoms with Gasteiger partial charge in [-0.1, -0.05) is 42.0 Å². The highest BCUT2D eigenvalue weighted by atomic mass is 16.1. The summed E-state index contributed by atoms with van der Waals surface area (Å²) >= 11 is 0. The van der Waals surface area contributed by atoms with E-state index in [9.17, 15) is 4.79 Å². The maximum atomic E-state index is 12.0. The first-order chi connectivity index (χ1) is 7.75. The van der Waals surface area contributed by atoms with Gasteiger partial charge in [0.15, 0.2) is 5.78 Å². The number of rotatable bonds is 0. The number of hydrogen-bond donors (Lipinski definition) is 0. The average molecular weight is 208 g/mol. The maximum absolute atomic E-state index is 12.0. The molecule has 1 nitrogen and oxygen atoms in total. The van der Waals surface area contributed by atoms with Gasteiger partial charge in [-0.15, -0.1) is 0 Å². The van der Waals surface area contributed by atoms with Crippen LogP contribution in [0.2, 0.25) is 0 Å². The number of hydrogen-bond acceptors (Lipinski definition) is 1. The van der Waals surface area contributed by atoms with Crippen LogP contribution in [0, 0.1) is 6.92 Å². The van der Waals surface area contributed by atoms with Gasteiger partial charge in [0.2, 0.25) is 0 Å². The van der Waals surface area contributed by atoms with Gasteiger partial charge in [0, 0.05) is 12.0 Å². The van der Waals surface area contributed by atoms with Crippen LogP contribution in [-0.2, 0) is 6.42 Å². The smallest absolute Gasteiger partial charge is 0.167 e. The van der Waals surface area contributed by atoms with Crippen molar-refractivity contribution in [2.75, 3.05) is 0 Å². The predicted molar refractivity (Wildman–Crippen MR) is 64.6 cm³/mol. The molecule has 1 aliphatic rings. The van der Waals surface area contributed by atoms with Crippen LogP contribution < -0.4 is 0 Å². The Kier molecular flexibility index (Phi) is 1.93. The van der Waals surface area contributed by atoms with Crippen LogP contribution in [0.25, 0.3) is 11.1 Å². The van der Waals surface area contributed by atoms with Crippen molar-refractivity contribution in [3.63, 3.8) is 0 Å². The Morgan fingerprint density at radius 1 is 0.938 bits per heavy atom. The lowest BCUT2D eigenvalue weighted by molar-refractivity contribution is 0.0992. The van der Waals surface area contributed by atoms with E-state index in [0.717, 1.165) is 22.3 Å². The van der Waals surface area contributed by atoms with E-state index in [-0.39, 0.29) is 5.78 Å². The van der Waals surface area contributed by atoms with Crippen molar-refractivity contribution < 1.29 is 4.79 Å². The zero-order chi connectivity index (χ0) is 11.1. The molecule has 0 saturated heterocycles. The molecule has 0 saturated carbocycles. The van der Waals surface area contributed by atoms with Crippen LogP contribution >= 0.6 is 0 Å². The van der Waals surface area contributed by atoms with Gasteiger partial charge in [-0.2, -0.15) is 0 Å². The van der Waals surface area contributed by atoms with Crippen LogP contribution in [0.1, 0.15) is 21.5 Å². The fourth-order valence-electron chi connectivity index (χ4n) is 2.33. The van der Waals surface area contributed by atoms with Crippen molar-refractivity contribution in [3.8, 4) is 11.1 Å². The minimum Gasteiger partial charge on any atom is -0.294 e. The number of carbonyl (C=O) groups is 1. The molecule has 0 bridgehead atoms. The second-order valence-electron chi connectivity index (χ2n) is 4.31. The summed E-state index contributed by atoms with van der Waals surface area (Å²) in [6.07, 6.45) is 0.534. The van der Waals surface area contributed by atoms with Crippen molar-refractivity contribution in [2.45, 2.75) is 13.3 Å². The Labute approximate surface area is 94.7 Å². The van der Waals surface area contributed by atoms with Gasteiger partial charge in [-0.05, 0) is 29.7 Å². The highest BCUT2D eigenvalue weighted by Gasteiger charge is 2.21.